The number of rotatable bonds is 1. The summed E-state index contributed by atoms with van der Waals surface area (Å²) >= 11 is 0. The van der Waals surface area contributed by atoms with Gasteiger partial charge in [0.2, 0.25) is 0 Å². The first-order chi connectivity index (χ1) is 6.49. The Balaban J connectivity index is 3.23. The number of nitrogens with zero attached hydrogens (tertiary/aromatic N) is 2. The quantitative estimate of drug-likeness (QED) is 0.682. The van der Waals surface area contributed by atoms with E-state index in [2.05, 4.69) is 31.8 Å². The average molecular weight is 190 g/mol. The fourth-order valence-corrected chi connectivity index (χ4v) is 1.10. The minimum atomic E-state index is -0.0438. The summed E-state index contributed by atoms with van der Waals surface area (Å²) in [6.07, 6.45) is 1.60. The molecule has 1 aromatic rings. The fraction of sp³-hybridized carbons (Fsp3) is 0.455. The van der Waals surface area contributed by atoms with E-state index in [0.717, 1.165) is 5.69 Å². The molecule has 0 radical (unpaired) electrons. The molecule has 0 spiro atoms. The molecule has 0 aliphatic rings. The first-order valence-corrected chi connectivity index (χ1v) is 4.43. The standard InChI is InChI=1S/C11H14N2O/c1-11(2,3)10-5-8(6-12)9(14-4)7-13-10/h5,7H,1-4H3. The number of hydrogen-bond acceptors (Lipinski definition) is 3. The largest absolute Gasteiger partial charge is 0.494 e. The van der Waals surface area contributed by atoms with Crippen molar-refractivity contribution < 1.29 is 4.74 Å². The van der Waals surface area contributed by atoms with Crippen LogP contribution in [0.1, 0.15) is 32.0 Å². The minimum absolute atomic E-state index is 0.0438. The van der Waals surface area contributed by atoms with E-state index < -0.39 is 0 Å². The first-order valence-electron chi connectivity index (χ1n) is 4.43. The Labute approximate surface area is 84.3 Å². The minimum Gasteiger partial charge on any atom is -0.494 e. The van der Waals surface area contributed by atoms with Crippen LogP contribution in [-0.2, 0) is 5.41 Å². The van der Waals surface area contributed by atoms with Crippen molar-refractivity contribution in [2.24, 2.45) is 0 Å². The molecule has 0 saturated heterocycles. The lowest BCUT2D eigenvalue weighted by Gasteiger charge is -2.18. The Morgan fingerprint density at radius 2 is 2.07 bits per heavy atom. The highest BCUT2D eigenvalue weighted by Gasteiger charge is 2.17. The maximum atomic E-state index is 8.88. The molecule has 1 rings (SSSR count). The third-order valence-electron chi connectivity index (χ3n) is 1.98. The molecule has 0 aromatic carbocycles. The van der Waals surface area contributed by atoms with Crippen molar-refractivity contribution in [1.29, 1.82) is 5.26 Å². The van der Waals surface area contributed by atoms with Crippen LogP contribution in [0.15, 0.2) is 12.3 Å². The van der Waals surface area contributed by atoms with Gasteiger partial charge in [-0.2, -0.15) is 5.26 Å². The van der Waals surface area contributed by atoms with Crippen LogP contribution >= 0.6 is 0 Å². The first kappa shape index (κ1) is 10.5. The van der Waals surface area contributed by atoms with Crippen molar-refractivity contribution in [3.8, 4) is 11.8 Å². The summed E-state index contributed by atoms with van der Waals surface area (Å²) in [5.41, 5.74) is 1.39. The maximum absolute atomic E-state index is 8.88. The van der Waals surface area contributed by atoms with E-state index in [4.69, 9.17) is 10.00 Å². The van der Waals surface area contributed by atoms with Crippen LogP contribution in [0.25, 0.3) is 0 Å². The molecule has 1 aromatic heterocycles. The Kier molecular flexibility index (Phi) is 2.76. The van der Waals surface area contributed by atoms with E-state index in [1.165, 1.54) is 7.11 Å². The van der Waals surface area contributed by atoms with Crippen molar-refractivity contribution in [3.05, 3.63) is 23.5 Å². The lowest BCUT2D eigenvalue weighted by Crippen LogP contribution is -2.13. The summed E-state index contributed by atoms with van der Waals surface area (Å²) in [5.74, 6) is 0.528. The van der Waals surface area contributed by atoms with Gasteiger partial charge in [0.15, 0.2) is 5.75 Å². The number of ether oxygens (including phenoxy) is 1. The van der Waals surface area contributed by atoms with E-state index in [1.807, 2.05) is 0 Å². The highest BCUT2D eigenvalue weighted by molar-refractivity contribution is 5.43. The average Bonchev–Trinajstić information content (AvgIpc) is 2.15. The number of nitriles is 1. The van der Waals surface area contributed by atoms with Crippen LogP contribution in [-0.4, -0.2) is 12.1 Å². The number of hydrogen-bond donors (Lipinski definition) is 0. The number of methoxy groups -OCH3 is 1. The zero-order valence-corrected chi connectivity index (χ0v) is 8.96. The van der Waals surface area contributed by atoms with Crippen molar-refractivity contribution >= 4 is 0 Å². The summed E-state index contributed by atoms with van der Waals surface area (Å²) in [6, 6.07) is 3.87. The van der Waals surface area contributed by atoms with Crippen LogP contribution in [0.3, 0.4) is 0 Å². The number of aromatic nitrogens is 1. The van der Waals surface area contributed by atoms with Crippen LogP contribution < -0.4 is 4.74 Å². The topological polar surface area (TPSA) is 45.9 Å². The molecule has 0 atom stereocenters. The Hall–Kier alpha value is -1.56. The highest BCUT2D eigenvalue weighted by Crippen LogP contribution is 2.24. The summed E-state index contributed by atoms with van der Waals surface area (Å²) < 4.78 is 5.02. The van der Waals surface area contributed by atoms with Gasteiger partial charge in [-0.1, -0.05) is 20.8 Å². The van der Waals surface area contributed by atoms with Crippen LogP contribution in [0, 0.1) is 11.3 Å². The predicted octanol–water partition coefficient (Wildman–Crippen LogP) is 2.26. The molecule has 0 fully saturated rings. The molecular weight excluding hydrogens is 176 g/mol. The molecule has 3 heteroatoms. The normalized spacial score (nSPS) is 10.8. The van der Waals surface area contributed by atoms with Gasteiger partial charge in [0.25, 0.3) is 0 Å². The summed E-state index contributed by atoms with van der Waals surface area (Å²) in [7, 11) is 1.54. The van der Waals surface area contributed by atoms with Crippen LogP contribution in [0.4, 0.5) is 0 Å². The fourth-order valence-electron chi connectivity index (χ4n) is 1.10. The second-order valence-electron chi connectivity index (χ2n) is 4.13. The Bertz CT molecular complexity index is 372. The van der Waals surface area contributed by atoms with Gasteiger partial charge in [0.1, 0.15) is 6.07 Å². The molecular formula is C11H14N2O. The van der Waals surface area contributed by atoms with Crippen LogP contribution in [0.5, 0.6) is 5.75 Å². The highest BCUT2D eigenvalue weighted by atomic mass is 16.5. The van der Waals surface area contributed by atoms with Gasteiger partial charge in [-0.3, -0.25) is 4.98 Å². The Morgan fingerprint density at radius 3 is 2.50 bits per heavy atom. The molecule has 0 aliphatic carbocycles. The van der Waals surface area contributed by atoms with Crippen molar-refractivity contribution in [3.63, 3.8) is 0 Å². The van der Waals surface area contributed by atoms with Gasteiger partial charge in [-0.15, -0.1) is 0 Å². The number of pyridine rings is 1. The molecule has 14 heavy (non-hydrogen) atoms. The second-order valence-corrected chi connectivity index (χ2v) is 4.13. The lowest BCUT2D eigenvalue weighted by molar-refractivity contribution is 0.410. The monoisotopic (exact) mass is 190 g/mol. The molecule has 74 valence electrons. The van der Waals surface area contributed by atoms with E-state index in [1.54, 1.807) is 12.3 Å². The molecule has 0 unspecified atom stereocenters. The summed E-state index contributed by atoms with van der Waals surface area (Å²) in [4.78, 5) is 4.25. The molecule has 3 nitrogen and oxygen atoms in total. The van der Waals surface area contributed by atoms with Gasteiger partial charge < -0.3 is 4.74 Å². The zero-order valence-electron chi connectivity index (χ0n) is 8.96. The predicted molar refractivity (Wildman–Crippen MR) is 54.2 cm³/mol. The van der Waals surface area contributed by atoms with Gasteiger partial charge in [-0.05, 0) is 6.07 Å². The molecule has 1 heterocycles. The molecule has 0 aliphatic heterocycles. The Morgan fingerprint density at radius 1 is 1.43 bits per heavy atom. The van der Waals surface area contributed by atoms with E-state index >= 15 is 0 Å². The summed E-state index contributed by atoms with van der Waals surface area (Å²) in [6.45, 7) is 6.18. The van der Waals surface area contributed by atoms with Gasteiger partial charge >= 0.3 is 0 Å². The summed E-state index contributed by atoms with van der Waals surface area (Å²) in [5, 5.41) is 8.88. The second kappa shape index (κ2) is 3.67. The van der Waals surface area contributed by atoms with Crippen molar-refractivity contribution in [2.45, 2.75) is 26.2 Å². The van der Waals surface area contributed by atoms with Gasteiger partial charge in [-0.25, -0.2) is 0 Å². The van der Waals surface area contributed by atoms with Gasteiger partial charge in [0, 0.05) is 11.1 Å². The molecule has 0 amide bonds. The van der Waals surface area contributed by atoms with E-state index in [0.29, 0.717) is 11.3 Å². The third kappa shape index (κ3) is 2.02. The van der Waals surface area contributed by atoms with Crippen molar-refractivity contribution in [2.75, 3.05) is 7.11 Å². The zero-order chi connectivity index (χ0) is 10.8. The van der Waals surface area contributed by atoms with E-state index in [-0.39, 0.29) is 5.41 Å². The van der Waals surface area contributed by atoms with Crippen molar-refractivity contribution in [1.82, 2.24) is 4.98 Å². The lowest BCUT2D eigenvalue weighted by atomic mass is 9.91. The smallest absolute Gasteiger partial charge is 0.154 e. The van der Waals surface area contributed by atoms with E-state index in [9.17, 15) is 0 Å². The molecule has 0 bridgehead atoms. The maximum Gasteiger partial charge on any atom is 0.154 e. The third-order valence-corrected chi connectivity index (χ3v) is 1.98. The van der Waals surface area contributed by atoms with Gasteiger partial charge in [0.05, 0.1) is 18.9 Å². The molecule has 0 N–H and O–H groups in total. The molecule has 0 saturated carbocycles. The SMILES string of the molecule is COc1cnc(C(C)(C)C)cc1C#N. The van der Waals surface area contributed by atoms with Crippen LogP contribution in [0.2, 0.25) is 0 Å².